The van der Waals surface area contributed by atoms with Crippen LogP contribution in [0.25, 0.3) is 0 Å². The van der Waals surface area contributed by atoms with Crippen molar-refractivity contribution >= 4 is 29.0 Å². The molecule has 0 amide bonds. The third-order valence-corrected chi connectivity index (χ3v) is 3.52. The fourth-order valence-corrected chi connectivity index (χ4v) is 2.55. The maximum absolute atomic E-state index is 6.08. The van der Waals surface area contributed by atoms with E-state index >= 15 is 0 Å². The lowest BCUT2D eigenvalue weighted by molar-refractivity contribution is 0.149. The van der Waals surface area contributed by atoms with E-state index in [9.17, 15) is 0 Å². The van der Waals surface area contributed by atoms with Crippen molar-refractivity contribution in [1.29, 1.82) is 0 Å². The lowest BCUT2D eigenvalue weighted by Crippen LogP contribution is -2.20. The van der Waals surface area contributed by atoms with E-state index in [1.165, 1.54) is 19.3 Å². The lowest BCUT2D eigenvalue weighted by Gasteiger charge is -2.23. The van der Waals surface area contributed by atoms with E-state index in [1.54, 1.807) is 13.1 Å². The number of hydrogen-bond acceptors (Lipinski definition) is 3. The summed E-state index contributed by atoms with van der Waals surface area (Å²) in [5, 5.41) is 3.90. The Labute approximate surface area is 111 Å². The molecule has 1 heterocycles. The molecule has 94 valence electrons. The second kappa shape index (κ2) is 5.78. The third kappa shape index (κ3) is 3.17. The number of halogens is 2. The van der Waals surface area contributed by atoms with Gasteiger partial charge in [-0.2, -0.15) is 4.98 Å². The van der Waals surface area contributed by atoms with Gasteiger partial charge in [0.05, 0.1) is 5.02 Å². The average molecular weight is 275 g/mol. The molecule has 0 aromatic carbocycles. The molecule has 17 heavy (non-hydrogen) atoms. The van der Waals surface area contributed by atoms with Crippen LogP contribution in [0.2, 0.25) is 10.0 Å². The first-order valence-corrected chi connectivity index (χ1v) is 6.66. The van der Waals surface area contributed by atoms with E-state index in [-0.39, 0.29) is 6.10 Å². The van der Waals surface area contributed by atoms with E-state index in [2.05, 4.69) is 10.3 Å². The predicted molar refractivity (Wildman–Crippen MR) is 71.3 cm³/mol. The van der Waals surface area contributed by atoms with Gasteiger partial charge in [-0.1, -0.05) is 29.6 Å². The Hall–Kier alpha value is -0.670. The molecule has 1 aromatic rings. The zero-order valence-electron chi connectivity index (χ0n) is 9.80. The standard InChI is InChI=1S/C12H16Cl2N2O/c1-15-11-9(13)7-10(14)12(16-11)17-8-5-3-2-4-6-8/h7-8H,2-6H2,1H3,(H,15,16). The molecule has 0 saturated heterocycles. The number of rotatable bonds is 3. The minimum atomic E-state index is 0.236. The summed E-state index contributed by atoms with van der Waals surface area (Å²) in [6.07, 6.45) is 6.12. The molecular weight excluding hydrogens is 259 g/mol. The van der Waals surface area contributed by atoms with Gasteiger partial charge in [-0.3, -0.25) is 0 Å². The maximum Gasteiger partial charge on any atom is 0.234 e. The van der Waals surface area contributed by atoms with Crippen molar-refractivity contribution < 1.29 is 4.74 Å². The fraction of sp³-hybridized carbons (Fsp3) is 0.583. The van der Waals surface area contributed by atoms with Gasteiger partial charge in [0, 0.05) is 7.05 Å². The average Bonchev–Trinajstić information content (AvgIpc) is 2.34. The van der Waals surface area contributed by atoms with Crippen LogP contribution in [-0.4, -0.2) is 18.1 Å². The van der Waals surface area contributed by atoms with Crippen LogP contribution in [0.1, 0.15) is 32.1 Å². The molecular formula is C12H16Cl2N2O. The summed E-state index contributed by atoms with van der Waals surface area (Å²) in [6.45, 7) is 0. The molecule has 2 rings (SSSR count). The highest BCUT2D eigenvalue weighted by Gasteiger charge is 2.18. The van der Waals surface area contributed by atoms with E-state index in [1.807, 2.05) is 0 Å². The molecule has 0 aliphatic heterocycles. The molecule has 1 fully saturated rings. The first kappa shape index (κ1) is 12.8. The van der Waals surface area contributed by atoms with Gasteiger partial charge in [-0.25, -0.2) is 0 Å². The Balaban J connectivity index is 2.13. The number of nitrogens with one attached hydrogen (secondary N) is 1. The Morgan fingerprint density at radius 3 is 2.59 bits per heavy atom. The first-order valence-electron chi connectivity index (χ1n) is 5.91. The largest absolute Gasteiger partial charge is 0.473 e. The van der Waals surface area contributed by atoms with Crippen molar-refractivity contribution in [3.63, 3.8) is 0 Å². The highest BCUT2D eigenvalue weighted by molar-refractivity contribution is 6.36. The van der Waals surface area contributed by atoms with Gasteiger partial charge in [-0.15, -0.1) is 0 Å². The van der Waals surface area contributed by atoms with Gasteiger partial charge < -0.3 is 10.1 Å². The van der Waals surface area contributed by atoms with Crippen LogP contribution in [0.4, 0.5) is 5.82 Å². The molecule has 1 aromatic heterocycles. The van der Waals surface area contributed by atoms with Crippen LogP contribution >= 0.6 is 23.2 Å². The van der Waals surface area contributed by atoms with Gasteiger partial charge in [-0.05, 0) is 31.7 Å². The number of hydrogen-bond donors (Lipinski definition) is 1. The molecule has 5 heteroatoms. The Kier molecular flexibility index (Phi) is 4.35. The van der Waals surface area contributed by atoms with Crippen molar-refractivity contribution in [3.05, 3.63) is 16.1 Å². The summed E-state index contributed by atoms with van der Waals surface area (Å²) >= 11 is 12.1. The highest BCUT2D eigenvalue weighted by atomic mass is 35.5. The monoisotopic (exact) mass is 274 g/mol. The van der Waals surface area contributed by atoms with Crippen molar-refractivity contribution in [2.45, 2.75) is 38.2 Å². The predicted octanol–water partition coefficient (Wildman–Crippen LogP) is 4.14. The van der Waals surface area contributed by atoms with Gasteiger partial charge in [0.15, 0.2) is 0 Å². The van der Waals surface area contributed by atoms with Gasteiger partial charge >= 0.3 is 0 Å². The van der Waals surface area contributed by atoms with Gasteiger partial charge in [0.2, 0.25) is 5.88 Å². The van der Waals surface area contributed by atoms with Crippen LogP contribution in [0.15, 0.2) is 6.07 Å². The minimum absolute atomic E-state index is 0.236. The second-order valence-corrected chi connectivity index (χ2v) is 5.05. The highest BCUT2D eigenvalue weighted by Crippen LogP contribution is 2.32. The molecule has 1 aliphatic rings. The molecule has 0 bridgehead atoms. The molecule has 1 aliphatic carbocycles. The number of nitrogens with zero attached hydrogens (tertiary/aromatic N) is 1. The molecule has 1 N–H and O–H groups in total. The second-order valence-electron chi connectivity index (χ2n) is 4.23. The van der Waals surface area contributed by atoms with E-state index in [0.717, 1.165) is 12.8 Å². The quantitative estimate of drug-likeness (QED) is 0.900. The number of aromatic nitrogens is 1. The van der Waals surface area contributed by atoms with Crippen LogP contribution in [0.3, 0.4) is 0 Å². The van der Waals surface area contributed by atoms with Crippen molar-refractivity contribution in [2.75, 3.05) is 12.4 Å². The summed E-state index contributed by atoms with van der Waals surface area (Å²) in [6, 6.07) is 1.67. The Morgan fingerprint density at radius 2 is 1.94 bits per heavy atom. The SMILES string of the molecule is CNc1nc(OC2CCCCC2)c(Cl)cc1Cl. The van der Waals surface area contributed by atoms with Crippen molar-refractivity contribution in [2.24, 2.45) is 0 Å². The normalized spacial score (nSPS) is 16.9. The smallest absolute Gasteiger partial charge is 0.234 e. The summed E-state index contributed by atoms with van der Waals surface area (Å²) in [5.74, 6) is 1.08. The maximum atomic E-state index is 6.08. The summed E-state index contributed by atoms with van der Waals surface area (Å²) in [5.41, 5.74) is 0. The number of anilines is 1. The molecule has 0 spiro atoms. The zero-order valence-corrected chi connectivity index (χ0v) is 11.3. The summed E-state index contributed by atoms with van der Waals surface area (Å²) in [7, 11) is 1.77. The molecule has 0 atom stereocenters. The summed E-state index contributed by atoms with van der Waals surface area (Å²) < 4.78 is 5.84. The molecule has 0 unspecified atom stereocenters. The zero-order chi connectivity index (χ0) is 12.3. The number of pyridine rings is 1. The van der Waals surface area contributed by atoms with Gasteiger partial charge in [0.1, 0.15) is 16.9 Å². The summed E-state index contributed by atoms with van der Waals surface area (Å²) in [4.78, 5) is 4.29. The first-order chi connectivity index (χ1) is 8.20. The van der Waals surface area contributed by atoms with Crippen LogP contribution in [0, 0.1) is 0 Å². The third-order valence-electron chi connectivity index (χ3n) is 2.96. The van der Waals surface area contributed by atoms with Crippen molar-refractivity contribution in [3.8, 4) is 5.88 Å². The molecule has 0 radical (unpaired) electrons. The van der Waals surface area contributed by atoms with E-state index in [4.69, 9.17) is 27.9 Å². The minimum Gasteiger partial charge on any atom is -0.473 e. The number of ether oxygens (including phenoxy) is 1. The van der Waals surface area contributed by atoms with Crippen LogP contribution < -0.4 is 10.1 Å². The fourth-order valence-electron chi connectivity index (χ4n) is 2.05. The van der Waals surface area contributed by atoms with Crippen molar-refractivity contribution in [1.82, 2.24) is 4.98 Å². The van der Waals surface area contributed by atoms with E-state index in [0.29, 0.717) is 21.7 Å². The van der Waals surface area contributed by atoms with Crippen LogP contribution in [0.5, 0.6) is 5.88 Å². The lowest BCUT2D eigenvalue weighted by atomic mass is 9.98. The Bertz CT molecular complexity index is 392. The molecule has 1 saturated carbocycles. The van der Waals surface area contributed by atoms with Crippen LogP contribution in [-0.2, 0) is 0 Å². The Morgan fingerprint density at radius 1 is 1.24 bits per heavy atom. The molecule has 3 nitrogen and oxygen atoms in total. The van der Waals surface area contributed by atoms with Gasteiger partial charge in [0.25, 0.3) is 0 Å². The topological polar surface area (TPSA) is 34.2 Å². The van der Waals surface area contributed by atoms with E-state index < -0.39 is 0 Å².